The Kier molecular flexibility index (Phi) is 7.78. The monoisotopic (exact) mass is 520 g/mol. The second-order valence-electron chi connectivity index (χ2n) is 8.28. The van der Waals surface area contributed by atoms with Crippen molar-refractivity contribution in [2.75, 3.05) is 14.2 Å². The van der Waals surface area contributed by atoms with Crippen molar-refractivity contribution in [3.8, 4) is 17.2 Å². The summed E-state index contributed by atoms with van der Waals surface area (Å²) in [5.74, 6) is 1.63. The number of amides is 2. The number of methoxy groups -OCH3 is 2. The fourth-order valence-electron chi connectivity index (χ4n) is 4.05. The minimum atomic E-state index is -4.08. The van der Waals surface area contributed by atoms with E-state index < -0.39 is 22.1 Å². The summed E-state index contributed by atoms with van der Waals surface area (Å²) in [6, 6.07) is 19.9. The molecule has 3 aromatic carbocycles. The number of rotatable bonds is 9. The highest BCUT2D eigenvalue weighted by Gasteiger charge is 2.25. The summed E-state index contributed by atoms with van der Waals surface area (Å²) < 4.78 is 40.5. The number of aromatic nitrogens is 2. The summed E-state index contributed by atoms with van der Waals surface area (Å²) in [6.07, 6.45) is 3.76. The number of hydrogen-bond acceptors (Lipinski definition) is 6. The number of urea groups is 1. The number of carbonyl (C=O) groups excluding carboxylic acids is 1. The molecule has 37 heavy (non-hydrogen) atoms. The lowest BCUT2D eigenvalue weighted by Crippen LogP contribution is -2.42. The van der Waals surface area contributed by atoms with Crippen LogP contribution in [0.2, 0.25) is 0 Å². The van der Waals surface area contributed by atoms with Crippen LogP contribution in [-0.2, 0) is 16.4 Å². The summed E-state index contributed by atoms with van der Waals surface area (Å²) >= 11 is 0. The van der Waals surface area contributed by atoms with Crippen molar-refractivity contribution >= 4 is 16.1 Å². The van der Waals surface area contributed by atoms with Gasteiger partial charge in [-0.15, -0.1) is 0 Å². The molecule has 2 amide bonds. The predicted octanol–water partition coefficient (Wildman–Crippen LogP) is 4.17. The van der Waals surface area contributed by atoms with E-state index in [1.54, 1.807) is 63.9 Å². The molecule has 0 spiro atoms. The molecule has 0 fully saturated rings. The highest BCUT2D eigenvalue weighted by molar-refractivity contribution is 7.90. The number of hydrogen-bond donors (Lipinski definition) is 2. The minimum absolute atomic E-state index is 0.0385. The zero-order valence-electron chi connectivity index (χ0n) is 20.7. The number of imidazole rings is 1. The molecule has 1 aromatic heterocycles. The third kappa shape index (κ3) is 5.92. The summed E-state index contributed by atoms with van der Waals surface area (Å²) in [7, 11) is -0.966. The Morgan fingerprint density at radius 3 is 2.38 bits per heavy atom. The van der Waals surface area contributed by atoms with Crippen molar-refractivity contribution in [1.29, 1.82) is 0 Å². The topological polar surface area (TPSA) is 112 Å². The lowest BCUT2D eigenvalue weighted by molar-refractivity contribution is 0.241. The van der Waals surface area contributed by atoms with Crippen LogP contribution in [0.15, 0.2) is 90.1 Å². The van der Waals surface area contributed by atoms with Crippen LogP contribution in [0.25, 0.3) is 5.69 Å². The van der Waals surface area contributed by atoms with Crippen molar-refractivity contribution in [2.24, 2.45) is 0 Å². The Hall–Kier alpha value is -4.31. The Balaban J connectivity index is 1.66. The molecule has 9 nitrogen and oxygen atoms in total. The number of sulfonamides is 1. The molecule has 192 valence electrons. The second-order valence-corrected chi connectivity index (χ2v) is 9.93. The first-order valence-electron chi connectivity index (χ1n) is 11.5. The zero-order valence-corrected chi connectivity index (χ0v) is 21.5. The molecule has 0 aliphatic rings. The lowest BCUT2D eigenvalue weighted by Gasteiger charge is -2.21. The van der Waals surface area contributed by atoms with Gasteiger partial charge in [-0.25, -0.2) is 22.9 Å². The van der Waals surface area contributed by atoms with Gasteiger partial charge >= 0.3 is 6.03 Å². The molecule has 1 atom stereocenters. The highest BCUT2D eigenvalue weighted by Crippen LogP contribution is 2.30. The van der Waals surface area contributed by atoms with E-state index in [-0.39, 0.29) is 4.90 Å². The molecule has 10 heteroatoms. The van der Waals surface area contributed by atoms with E-state index in [0.717, 1.165) is 11.3 Å². The van der Waals surface area contributed by atoms with Crippen LogP contribution in [0, 0.1) is 6.92 Å². The zero-order chi connectivity index (χ0) is 26.4. The van der Waals surface area contributed by atoms with Gasteiger partial charge in [0.05, 0.1) is 30.8 Å². The van der Waals surface area contributed by atoms with Crippen LogP contribution < -0.4 is 19.5 Å². The molecular weight excluding hydrogens is 492 g/mol. The quantitative estimate of drug-likeness (QED) is 0.343. The molecule has 0 radical (unpaired) electrons. The van der Waals surface area contributed by atoms with E-state index in [2.05, 4.69) is 15.0 Å². The number of aryl methyl sites for hydroxylation is 1. The molecule has 0 saturated carbocycles. The Labute approximate surface area is 216 Å². The average molecular weight is 521 g/mol. The second kappa shape index (κ2) is 11.2. The fourth-order valence-corrected chi connectivity index (χ4v) is 5.21. The van der Waals surface area contributed by atoms with E-state index in [1.165, 1.54) is 6.07 Å². The standard InChI is InChI=1S/C27H28N4O5S/c1-19-9-7-8-12-25(19)37(33,34)30-27(32)29-22(17-20-10-5-4-6-11-20)26-28-15-16-31(26)21-13-14-23(35-2)24(18-21)36-3/h4-16,18,22H,17H2,1-3H3,(H2,29,30,32). The Morgan fingerprint density at radius 1 is 0.973 bits per heavy atom. The molecule has 4 aromatic rings. The third-order valence-corrected chi connectivity index (χ3v) is 7.32. The average Bonchev–Trinajstić information content (AvgIpc) is 3.38. The first-order chi connectivity index (χ1) is 17.8. The number of benzene rings is 3. The molecule has 2 N–H and O–H groups in total. The smallest absolute Gasteiger partial charge is 0.329 e. The van der Waals surface area contributed by atoms with Gasteiger partial charge in [0.15, 0.2) is 11.5 Å². The van der Waals surface area contributed by atoms with Gasteiger partial charge in [-0.1, -0.05) is 48.5 Å². The molecule has 4 rings (SSSR count). The van der Waals surface area contributed by atoms with Gasteiger partial charge in [-0.3, -0.25) is 0 Å². The van der Waals surface area contributed by atoms with Crippen molar-refractivity contribution in [3.63, 3.8) is 0 Å². The molecule has 0 saturated heterocycles. The predicted molar refractivity (Wildman–Crippen MR) is 140 cm³/mol. The van der Waals surface area contributed by atoms with Gasteiger partial charge in [0.2, 0.25) is 0 Å². The van der Waals surface area contributed by atoms with E-state index >= 15 is 0 Å². The van der Waals surface area contributed by atoms with Crippen LogP contribution in [0.5, 0.6) is 11.5 Å². The first-order valence-corrected chi connectivity index (χ1v) is 13.0. The first kappa shape index (κ1) is 25.8. The third-order valence-electron chi connectivity index (χ3n) is 5.82. The number of carbonyl (C=O) groups is 1. The largest absolute Gasteiger partial charge is 0.493 e. The summed E-state index contributed by atoms with van der Waals surface area (Å²) in [5, 5.41) is 2.81. The van der Waals surface area contributed by atoms with E-state index in [0.29, 0.717) is 29.3 Å². The lowest BCUT2D eigenvalue weighted by atomic mass is 10.1. The molecule has 0 aliphatic heterocycles. The van der Waals surface area contributed by atoms with Gasteiger partial charge in [0.1, 0.15) is 5.82 Å². The van der Waals surface area contributed by atoms with Crippen LogP contribution >= 0.6 is 0 Å². The Morgan fingerprint density at radius 2 is 1.68 bits per heavy atom. The number of nitrogens with zero attached hydrogens (tertiary/aromatic N) is 2. The van der Waals surface area contributed by atoms with Crippen LogP contribution in [0.3, 0.4) is 0 Å². The van der Waals surface area contributed by atoms with Gasteiger partial charge in [-0.2, -0.15) is 0 Å². The molecule has 1 unspecified atom stereocenters. The maximum absolute atomic E-state index is 13.0. The van der Waals surface area contributed by atoms with Crippen molar-refractivity contribution < 1.29 is 22.7 Å². The summed E-state index contributed by atoms with van der Waals surface area (Å²) in [4.78, 5) is 17.5. The van der Waals surface area contributed by atoms with E-state index in [9.17, 15) is 13.2 Å². The molecular formula is C27H28N4O5S. The molecule has 1 heterocycles. The fraction of sp³-hybridized carbons (Fsp3) is 0.185. The van der Waals surface area contributed by atoms with Crippen molar-refractivity contribution in [1.82, 2.24) is 19.6 Å². The van der Waals surface area contributed by atoms with Gasteiger partial charge in [-0.05, 0) is 42.7 Å². The van der Waals surface area contributed by atoms with Gasteiger partial charge in [0.25, 0.3) is 10.0 Å². The molecule has 0 aliphatic carbocycles. The molecule has 0 bridgehead atoms. The Bertz CT molecular complexity index is 1490. The number of ether oxygens (including phenoxy) is 2. The van der Waals surface area contributed by atoms with Crippen LogP contribution in [0.4, 0.5) is 4.79 Å². The van der Waals surface area contributed by atoms with Gasteiger partial charge in [0, 0.05) is 18.5 Å². The maximum Gasteiger partial charge on any atom is 0.329 e. The van der Waals surface area contributed by atoms with Crippen LogP contribution in [0.1, 0.15) is 23.0 Å². The van der Waals surface area contributed by atoms with Crippen molar-refractivity contribution in [2.45, 2.75) is 24.3 Å². The van der Waals surface area contributed by atoms with Gasteiger partial charge < -0.3 is 19.4 Å². The maximum atomic E-state index is 13.0. The van der Waals surface area contributed by atoms with Crippen molar-refractivity contribution in [3.05, 3.63) is 102 Å². The number of nitrogens with one attached hydrogen (secondary N) is 2. The van der Waals surface area contributed by atoms with Crippen LogP contribution in [-0.4, -0.2) is 38.2 Å². The normalized spacial score (nSPS) is 12.0. The highest BCUT2D eigenvalue weighted by atomic mass is 32.2. The van der Waals surface area contributed by atoms with E-state index in [4.69, 9.17) is 9.47 Å². The minimum Gasteiger partial charge on any atom is -0.493 e. The van der Waals surface area contributed by atoms with E-state index in [1.807, 2.05) is 41.0 Å². The SMILES string of the molecule is COc1ccc(-n2ccnc2C(Cc2ccccc2)NC(=O)NS(=O)(=O)c2ccccc2C)cc1OC. The summed E-state index contributed by atoms with van der Waals surface area (Å²) in [6.45, 7) is 1.67. The summed E-state index contributed by atoms with van der Waals surface area (Å²) in [5.41, 5.74) is 2.21.